The van der Waals surface area contributed by atoms with Gasteiger partial charge in [0.25, 0.3) is 0 Å². The fourth-order valence-electron chi connectivity index (χ4n) is 2.24. The quantitative estimate of drug-likeness (QED) is 0.222. The Morgan fingerprint density at radius 1 is 0.583 bits per heavy atom. The lowest BCUT2D eigenvalue weighted by molar-refractivity contribution is -0.248. The van der Waals surface area contributed by atoms with Crippen molar-refractivity contribution in [1.29, 1.82) is 0 Å². The Bertz CT molecular complexity index is 334. The van der Waals surface area contributed by atoms with Crippen LogP contribution in [-0.4, -0.2) is 115 Å². The molecule has 0 saturated carbocycles. The van der Waals surface area contributed by atoms with E-state index in [9.17, 15) is 20.4 Å². The fourth-order valence-corrected chi connectivity index (χ4v) is 2.24. The molecule has 0 amide bonds. The maximum atomic E-state index is 9.20. The van der Waals surface area contributed by atoms with Gasteiger partial charge in [-0.25, -0.2) is 0 Å². The molecule has 0 aromatic rings. The molecule has 0 radical (unpaired) electrons. The van der Waals surface area contributed by atoms with Gasteiger partial charge >= 0.3 is 0 Å². The van der Waals surface area contributed by atoms with Crippen molar-refractivity contribution in [3.8, 4) is 0 Å². The lowest BCUT2D eigenvalue weighted by Gasteiger charge is -2.38. The van der Waals surface area contributed by atoms with E-state index in [1.807, 2.05) is 0 Å². The van der Waals surface area contributed by atoms with Crippen molar-refractivity contribution >= 4 is 0 Å². The Kier molecular flexibility index (Phi) is 8.34. The number of ether oxygens (including phenoxy) is 2. The van der Waals surface area contributed by atoms with Crippen LogP contribution in [0.2, 0.25) is 0 Å². The summed E-state index contributed by atoms with van der Waals surface area (Å²) in [5.41, 5.74) is 10.5. The molecule has 12 N–H and O–H groups in total. The van der Waals surface area contributed by atoms with Crippen LogP contribution in [0.1, 0.15) is 0 Å². The molecule has 2 aliphatic rings. The molecule has 0 aromatic carbocycles. The molecule has 24 heavy (non-hydrogen) atoms. The molecular weight excluding hydrogens is 332 g/mol. The molecular formula is C12H26N2O10. The minimum Gasteiger partial charge on any atom is -0.394 e. The normalized spacial score (nSPS) is 49.2. The second kappa shape index (κ2) is 9.28. The summed E-state index contributed by atoms with van der Waals surface area (Å²) in [5.74, 6) is 0. The topological polar surface area (TPSA) is 232 Å². The highest BCUT2D eigenvalue weighted by molar-refractivity contribution is 4.91. The summed E-state index contributed by atoms with van der Waals surface area (Å²) in [6.45, 7) is -0.940. The van der Waals surface area contributed by atoms with E-state index in [4.69, 9.17) is 41.4 Å². The fraction of sp³-hybridized carbons (Fsp3) is 1.00. The van der Waals surface area contributed by atoms with Crippen molar-refractivity contribution in [2.24, 2.45) is 11.5 Å². The highest BCUT2D eigenvalue weighted by atomic mass is 16.6. The van der Waals surface area contributed by atoms with Gasteiger partial charge in [-0.2, -0.15) is 0 Å². The molecule has 2 heterocycles. The second-order valence-corrected chi connectivity index (χ2v) is 5.61. The predicted octanol–water partition coefficient (Wildman–Crippen LogP) is -6.51. The van der Waals surface area contributed by atoms with Gasteiger partial charge in [0.2, 0.25) is 0 Å². The second-order valence-electron chi connectivity index (χ2n) is 5.61. The minimum absolute atomic E-state index is 0.470. The minimum atomic E-state index is -1.35. The molecule has 2 fully saturated rings. The van der Waals surface area contributed by atoms with Gasteiger partial charge in [-0.15, -0.1) is 0 Å². The van der Waals surface area contributed by atoms with E-state index in [1.165, 1.54) is 0 Å². The number of rotatable bonds is 2. The Balaban J connectivity index is 0.000000240. The van der Waals surface area contributed by atoms with Gasteiger partial charge in [-0.05, 0) is 0 Å². The van der Waals surface area contributed by atoms with Crippen LogP contribution < -0.4 is 11.5 Å². The SMILES string of the molecule is N[C@H]1C(O)O[C@H](CO)[C@@H](O)[C@@H]1O.N[C@H]1C(O)O[C@H](CO)[C@@H](O)[C@@H]1O. The van der Waals surface area contributed by atoms with Crippen LogP contribution in [0.15, 0.2) is 0 Å². The summed E-state index contributed by atoms with van der Waals surface area (Å²) in [7, 11) is 0. The van der Waals surface area contributed by atoms with Gasteiger partial charge in [0, 0.05) is 0 Å². The Labute approximate surface area is 137 Å². The average Bonchev–Trinajstić information content (AvgIpc) is 2.58. The van der Waals surface area contributed by atoms with Crippen molar-refractivity contribution in [2.45, 2.75) is 61.3 Å². The predicted molar refractivity (Wildman–Crippen MR) is 75.9 cm³/mol. The van der Waals surface area contributed by atoms with Gasteiger partial charge in [0.15, 0.2) is 12.6 Å². The molecule has 2 saturated heterocycles. The number of aliphatic hydroxyl groups is 8. The van der Waals surface area contributed by atoms with Gasteiger partial charge in [0.1, 0.15) is 36.6 Å². The van der Waals surface area contributed by atoms with Crippen molar-refractivity contribution in [3.63, 3.8) is 0 Å². The third-order valence-corrected chi connectivity index (χ3v) is 3.90. The summed E-state index contributed by atoms with van der Waals surface area (Å²) >= 11 is 0. The van der Waals surface area contributed by atoms with Gasteiger partial charge in [-0.1, -0.05) is 0 Å². The molecule has 0 aromatic heterocycles. The zero-order chi connectivity index (χ0) is 18.6. The highest BCUT2D eigenvalue weighted by Gasteiger charge is 2.42. The van der Waals surface area contributed by atoms with Crippen molar-refractivity contribution in [1.82, 2.24) is 0 Å². The molecule has 12 heteroatoms. The van der Waals surface area contributed by atoms with Crippen LogP contribution >= 0.6 is 0 Å². The summed E-state index contributed by atoms with van der Waals surface area (Å²) in [5, 5.41) is 72.1. The van der Waals surface area contributed by atoms with Crippen LogP contribution in [0.3, 0.4) is 0 Å². The van der Waals surface area contributed by atoms with Crippen LogP contribution in [0, 0.1) is 0 Å². The first-order valence-electron chi connectivity index (χ1n) is 7.27. The lowest BCUT2D eigenvalue weighted by atomic mass is 9.98. The van der Waals surface area contributed by atoms with Crippen molar-refractivity contribution in [2.75, 3.05) is 13.2 Å². The molecule has 144 valence electrons. The van der Waals surface area contributed by atoms with E-state index in [0.29, 0.717) is 0 Å². The largest absolute Gasteiger partial charge is 0.394 e. The van der Waals surface area contributed by atoms with Gasteiger partial charge in [-0.3, -0.25) is 0 Å². The van der Waals surface area contributed by atoms with Crippen LogP contribution in [-0.2, 0) is 9.47 Å². The summed E-state index contributed by atoms with van der Waals surface area (Å²) in [4.78, 5) is 0. The smallest absolute Gasteiger partial charge is 0.173 e. The molecule has 10 atom stereocenters. The Morgan fingerprint density at radius 3 is 1.12 bits per heavy atom. The van der Waals surface area contributed by atoms with Gasteiger partial charge in [0.05, 0.1) is 25.3 Å². The van der Waals surface area contributed by atoms with E-state index < -0.39 is 74.5 Å². The van der Waals surface area contributed by atoms with Crippen molar-refractivity contribution in [3.05, 3.63) is 0 Å². The molecule has 2 rings (SSSR count). The van der Waals surface area contributed by atoms with E-state index >= 15 is 0 Å². The third kappa shape index (κ3) is 4.78. The third-order valence-electron chi connectivity index (χ3n) is 3.90. The van der Waals surface area contributed by atoms with Gasteiger partial charge < -0.3 is 61.8 Å². The van der Waals surface area contributed by atoms with Crippen LogP contribution in [0.4, 0.5) is 0 Å². The molecule has 12 nitrogen and oxygen atoms in total. The zero-order valence-corrected chi connectivity index (χ0v) is 12.7. The van der Waals surface area contributed by atoms with E-state index in [0.717, 1.165) is 0 Å². The Hall–Kier alpha value is -0.480. The van der Waals surface area contributed by atoms with Crippen LogP contribution in [0.25, 0.3) is 0 Å². The lowest BCUT2D eigenvalue weighted by Crippen LogP contribution is -2.61. The summed E-state index contributed by atoms with van der Waals surface area (Å²) in [6, 6.07) is -2.08. The Morgan fingerprint density at radius 2 is 0.875 bits per heavy atom. The summed E-state index contributed by atoms with van der Waals surface area (Å²) in [6.07, 6.45) is -9.70. The number of nitrogens with two attached hydrogens (primary N) is 2. The first-order chi connectivity index (χ1) is 11.1. The van der Waals surface area contributed by atoms with Crippen molar-refractivity contribution < 1.29 is 50.3 Å². The van der Waals surface area contributed by atoms with E-state index in [1.54, 1.807) is 0 Å². The maximum Gasteiger partial charge on any atom is 0.173 e. The van der Waals surface area contributed by atoms with E-state index in [-0.39, 0.29) is 0 Å². The number of hydrogen-bond acceptors (Lipinski definition) is 12. The van der Waals surface area contributed by atoms with E-state index in [2.05, 4.69) is 0 Å². The highest BCUT2D eigenvalue weighted by Crippen LogP contribution is 2.18. The maximum absolute atomic E-state index is 9.20. The molecule has 2 aliphatic heterocycles. The molecule has 0 aliphatic carbocycles. The first kappa shape index (κ1) is 21.6. The molecule has 0 spiro atoms. The monoisotopic (exact) mass is 358 g/mol. The molecule has 2 unspecified atom stereocenters. The average molecular weight is 358 g/mol. The van der Waals surface area contributed by atoms with Crippen LogP contribution in [0.5, 0.6) is 0 Å². The summed E-state index contributed by atoms with van der Waals surface area (Å²) < 4.78 is 9.40. The number of aliphatic hydroxyl groups excluding tert-OH is 8. The zero-order valence-electron chi connectivity index (χ0n) is 12.7. The first-order valence-corrected chi connectivity index (χ1v) is 7.27. The molecule has 0 bridgehead atoms. The number of hydrogen-bond donors (Lipinski definition) is 10. The standard InChI is InChI=1S/2C6H13NO5/c2*7-3-5(10)4(9)2(1-8)12-6(3)11/h2*2-6,8-11H,1,7H2/t2*2-,3-,4-,5-,6?/m11/s1.